The van der Waals surface area contributed by atoms with E-state index >= 15 is 0 Å². The Kier molecular flexibility index (Phi) is 7.96. The second-order valence-electron chi connectivity index (χ2n) is 8.41. The molecule has 2 heterocycles. The molecule has 176 valence electrons. The lowest BCUT2D eigenvalue weighted by atomic mass is 10.1. The van der Waals surface area contributed by atoms with Crippen molar-refractivity contribution in [2.45, 2.75) is 19.9 Å². The molecule has 33 heavy (non-hydrogen) atoms. The molecule has 1 aromatic heterocycles. The standard InChI is InChI=1S/C26H33FN4O2/c1-3-29(20-23-19-25(28-33-23)24-7-4-5-8-26(24)32-2)13-6-14-30-15-17-31(18-16-30)22-11-9-21(27)10-12-22/h4-5,7-12,19H,3,6,13-18,20H2,1-2H3. The Morgan fingerprint density at radius 1 is 1.06 bits per heavy atom. The highest BCUT2D eigenvalue weighted by Crippen LogP contribution is 2.29. The SMILES string of the molecule is CCN(CCCN1CCN(c2ccc(F)cc2)CC1)Cc1cc(-c2ccccc2OC)no1. The normalized spacial score (nSPS) is 14.7. The number of benzene rings is 2. The van der Waals surface area contributed by atoms with E-state index in [1.54, 1.807) is 7.11 Å². The molecule has 1 aliphatic rings. The number of rotatable bonds is 10. The molecule has 1 fully saturated rings. The summed E-state index contributed by atoms with van der Waals surface area (Å²) in [6, 6.07) is 16.7. The third-order valence-corrected chi connectivity index (χ3v) is 6.28. The molecule has 0 spiro atoms. The monoisotopic (exact) mass is 452 g/mol. The molecular formula is C26H33FN4O2. The van der Waals surface area contributed by atoms with E-state index in [0.717, 1.165) is 87.2 Å². The fourth-order valence-electron chi connectivity index (χ4n) is 4.34. The van der Waals surface area contributed by atoms with Crippen LogP contribution >= 0.6 is 0 Å². The molecule has 0 bridgehead atoms. The summed E-state index contributed by atoms with van der Waals surface area (Å²) < 4.78 is 24.2. The van der Waals surface area contributed by atoms with E-state index in [4.69, 9.17) is 9.26 Å². The van der Waals surface area contributed by atoms with Crippen molar-refractivity contribution in [2.75, 3.05) is 57.8 Å². The summed E-state index contributed by atoms with van der Waals surface area (Å²) in [6.45, 7) is 10.0. The van der Waals surface area contributed by atoms with Gasteiger partial charge in [-0.2, -0.15) is 0 Å². The van der Waals surface area contributed by atoms with Gasteiger partial charge in [0.05, 0.1) is 13.7 Å². The molecule has 6 nitrogen and oxygen atoms in total. The van der Waals surface area contributed by atoms with Gasteiger partial charge in [-0.05, 0) is 62.5 Å². The minimum Gasteiger partial charge on any atom is -0.496 e. The van der Waals surface area contributed by atoms with Crippen LogP contribution in [-0.4, -0.2) is 67.9 Å². The Morgan fingerprint density at radius 2 is 1.82 bits per heavy atom. The third-order valence-electron chi connectivity index (χ3n) is 6.28. The largest absolute Gasteiger partial charge is 0.496 e. The van der Waals surface area contributed by atoms with Gasteiger partial charge >= 0.3 is 0 Å². The second kappa shape index (κ2) is 11.3. The van der Waals surface area contributed by atoms with E-state index in [1.165, 1.54) is 12.1 Å². The van der Waals surface area contributed by atoms with Gasteiger partial charge < -0.3 is 14.2 Å². The van der Waals surface area contributed by atoms with E-state index in [2.05, 4.69) is 26.8 Å². The fourth-order valence-corrected chi connectivity index (χ4v) is 4.34. The van der Waals surface area contributed by atoms with Crippen LogP contribution in [-0.2, 0) is 6.54 Å². The molecule has 7 heteroatoms. The molecule has 0 N–H and O–H groups in total. The highest BCUT2D eigenvalue weighted by Gasteiger charge is 2.18. The van der Waals surface area contributed by atoms with Crippen LogP contribution in [0.15, 0.2) is 59.1 Å². The molecule has 1 aliphatic heterocycles. The molecule has 0 atom stereocenters. The first-order valence-corrected chi connectivity index (χ1v) is 11.7. The van der Waals surface area contributed by atoms with Gasteiger partial charge in [-0.1, -0.05) is 24.2 Å². The van der Waals surface area contributed by atoms with Crippen molar-refractivity contribution >= 4 is 5.69 Å². The van der Waals surface area contributed by atoms with Crippen LogP contribution in [0.3, 0.4) is 0 Å². The Bertz CT molecular complexity index is 1000. The zero-order valence-corrected chi connectivity index (χ0v) is 19.5. The highest BCUT2D eigenvalue weighted by atomic mass is 19.1. The third kappa shape index (κ3) is 6.12. The minimum atomic E-state index is -0.181. The van der Waals surface area contributed by atoms with E-state index in [0.29, 0.717) is 0 Å². The molecular weight excluding hydrogens is 419 g/mol. The number of halogens is 1. The number of para-hydroxylation sites is 1. The van der Waals surface area contributed by atoms with Crippen molar-refractivity contribution in [3.63, 3.8) is 0 Å². The number of hydrogen-bond acceptors (Lipinski definition) is 6. The molecule has 0 saturated carbocycles. The predicted molar refractivity (Wildman–Crippen MR) is 129 cm³/mol. The first-order valence-electron chi connectivity index (χ1n) is 11.7. The average Bonchev–Trinajstić information content (AvgIpc) is 3.32. The lowest BCUT2D eigenvalue weighted by Gasteiger charge is -2.36. The molecule has 0 unspecified atom stereocenters. The molecule has 0 amide bonds. The van der Waals surface area contributed by atoms with Crippen LogP contribution in [0.2, 0.25) is 0 Å². The smallest absolute Gasteiger partial charge is 0.151 e. The van der Waals surface area contributed by atoms with Gasteiger partial charge in [0, 0.05) is 43.5 Å². The molecule has 4 rings (SSSR count). The second-order valence-corrected chi connectivity index (χ2v) is 8.41. The summed E-state index contributed by atoms with van der Waals surface area (Å²) in [5.41, 5.74) is 2.85. The first-order chi connectivity index (χ1) is 16.2. The maximum absolute atomic E-state index is 13.2. The maximum atomic E-state index is 13.2. The maximum Gasteiger partial charge on any atom is 0.151 e. The number of ether oxygens (including phenoxy) is 1. The predicted octanol–water partition coefficient (Wildman–Crippen LogP) is 4.52. The van der Waals surface area contributed by atoms with E-state index in [-0.39, 0.29) is 5.82 Å². The minimum absolute atomic E-state index is 0.181. The Hall–Kier alpha value is -2.90. The van der Waals surface area contributed by atoms with E-state index < -0.39 is 0 Å². The lowest BCUT2D eigenvalue weighted by molar-refractivity contribution is 0.206. The quantitative estimate of drug-likeness (QED) is 0.451. The van der Waals surface area contributed by atoms with E-state index in [1.807, 2.05) is 42.5 Å². The van der Waals surface area contributed by atoms with Gasteiger partial charge in [-0.15, -0.1) is 0 Å². The molecule has 2 aromatic carbocycles. The zero-order chi connectivity index (χ0) is 23.0. The van der Waals surface area contributed by atoms with Gasteiger partial charge in [0.2, 0.25) is 0 Å². The number of nitrogens with zero attached hydrogens (tertiary/aromatic N) is 4. The molecule has 0 aliphatic carbocycles. The van der Waals surface area contributed by atoms with Crippen LogP contribution in [0.25, 0.3) is 11.3 Å². The number of methoxy groups -OCH3 is 1. The summed E-state index contributed by atoms with van der Waals surface area (Å²) in [6.07, 6.45) is 1.11. The number of aromatic nitrogens is 1. The highest BCUT2D eigenvalue weighted by molar-refractivity contribution is 5.66. The van der Waals surface area contributed by atoms with Gasteiger partial charge in [0.1, 0.15) is 17.3 Å². The van der Waals surface area contributed by atoms with E-state index in [9.17, 15) is 4.39 Å². The number of hydrogen-bond donors (Lipinski definition) is 0. The topological polar surface area (TPSA) is 45.0 Å². The Labute approximate surface area is 195 Å². The van der Waals surface area contributed by atoms with Gasteiger partial charge in [0.15, 0.2) is 5.76 Å². The summed E-state index contributed by atoms with van der Waals surface area (Å²) in [4.78, 5) is 7.24. The molecule has 0 radical (unpaired) electrons. The average molecular weight is 453 g/mol. The summed E-state index contributed by atoms with van der Waals surface area (Å²) in [5.74, 6) is 1.48. The van der Waals surface area contributed by atoms with Crippen molar-refractivity contribution in [3.8, 4) is 17.0 Å². The van der Waals surface area contributed by atoms with Crippen LogP contribution in [0.1, 0.15) is 19.1 Å². The van der Waals surface area contributed by atoms with Gasteiger partial charge in [0.25, 0.3) is 0 Å². The van der Waals surface area contributed by atoms with Crippen molar-refractivity contribution in [2.24, 2.45) is 0 Å². The van der Waals surface area contributed by atoms with Gasteiger partial charge in [-0.3, -0.25) is 9.80 Å². The van der Waals surface area contributed by atoms with Crippen LogP contribution in [0, 0.1) is 5.82 Å². The molecule has 3 aromatic rings. The lowest BCUT2D eigenvalue weighted by Crippen LogP contribution is -2.47. The zero-order valence-electron chi connectivity index (χ0n) is 19.5. The van der Waals surface area contributed by atoms with Crippen LogP contribution in [0.4, 0.5) is 10.1 Å². The van der Waals surface area contributed by atoms with Crippen molar-refractivity contribution in [1.82, 2.24) is 15.0 Å². The van der Waals surface area contributed by atoms with Crippen LogP contribution in [0.5, 0.6) is 5.75 Å². The fraction of sp³-hybridized carbons (Fsp3) is 0.423. The summed E-state index contributed by atoms with van der Waals surface area (Å²) in [5, 5.41) is 4.26. The van der Waals surface area contributed by atoms with Crippen molar-refractivity contribution in [1.29, 1.82) is 0 Å². The molecule has 1 saturated heterocycles. The summed E-state index contributed by atoms with van der Waals surface area (Å²) in [7, 11) is 1.67. The Balaban J connectivity index is 1.22. The number of piperazine rings is 1. The van der Waals surface area contributed by atoms with Gasteiger partial charge in [-0.25, -0.2) is 4.39 Å². The first kappa shape index (κ1) is 23.3. The van der Waals surface area contributed by atoms with Crippen molar-refractivity contribution in [3.05, 3.63) is 66.2 Å². The number of anilines is 1. The van der Waals surface area contributed by atoms with Crippen LogP contribution < -0.4 is 9.64 Å². The summed E-state index contributed by atoms with van der Waals surface area (Å²) >= 11 is 0. The Morgan fingerprint density at radius 3 is 2.55 bits per heavy atom. The van der Waals surface area contributed by atoms with Crippen molar-refractivity contribution < 1.29 is 13.7 Å².